The predicted molar refractivity (Wildman–Crippen MR) is 83.8 cm³/mol. The lowest BCUT2D eigenvalue weighted by molar-refractivity contribution is -0.156. The van der Waals surface area contributed by atoms with Crippen LogP contribution in [0.15, 0.2) is 24.3 Å². The van der Waals surface area contributed by atoms with Crippen LogP contribution in [-0.2, 0) is 10.2 Å². The highest BCUT2D eigenvalue weighted by atomic mass is 35.5. The molecule has 4 aliphatic rings. The normalized spacial score (nSPS) is 42.5. The first kappa shape index (κ1) is 14.5. The lowest BCUT2D eigenvalue weighted by atomic mass is 9.42. The van der Waals surface area contributed by atoms with Crippen molar-refractivity contribution in [3.63, 3.8) is 0 Å². The Morgan fingerprint density at radius 1 is 1.09 bits per heavy atom. The number of hydrogen-bond donors (Lipinski definition) is 2. The van der Waals surface area contributed by atoms with Crippen LogP contribution in [0.5, 0.6) is 0 Å². The van der Waals surface area contributed by atoms with Crippen LogP contribution in [0.1, 0.15) is 37.7 Å². The molecule has 4 bridgehead atoms. The summed E-state index contributed by atoms with van der Waals surface area (Å²) in [6.45, 7) is 0. The summed E-state index contributed by atoms with van der Waals surface area (Å²) in [4.78, 5) is 11.6. The second kappa shape index (κ2) is 4.97. The third kappa shape index (κ3) is 1.95. The summed E-state index contributed by atoms with van der Waals surface area (Å²) in [5, 5.41) is 20.6. The van der Waals surface area contributed by atoms with Gasteiger partial charge in [-0.3, -0.25) is 4.79 Å². The van der Waals surface area contributed by atoms with Gasteiger partial charge in [-0.2, -0.15) is 0 Å². The molecule has 4 fully saturated rings. The third-order valence-corrected chi connectivity index (χ3v) is 6.85. The third-order valence-electron chi connectivity index (χ3n) is 6.60. The van der Waals surface area contributed by atoms with Crippen molar-refractivity contribution < 1.29 is 15.0 Å². The maximum absolute atomic E-state index is 11.6. The molecule has 0 heterocycles. The van der Waals surface area contributed by atoms with Crippen LogP contribution in [0.3, 0.4) is 0 Å². The number of aliphatic hydroxyl groups is 1. The quantitative estimate of drug-likeness (QED) is 0.896. The van der Waals surface area contributed by atoms with E-state index >= 15 is 0 Å². The standard InChI is InChI=1S/C18H21ClO3/c19-15-3-1-12(2-4-15)18(9-16(20)21)13-5-10-6-14(18)8-11(7-13)17(10)22/h1-4,10-11,13-14,17,22H,5-9H2,(H,20,21). The van der Waals surface area contributed by atoms with E-state index in [0.717, 1.165) is 31.2 Å². The van der Waals surface area contributed by atoms with Crippen molar-refractivity contribution in [2.45, 2.75) is 43.6 Å². The highest BCUT2D eigenvalue weighted by Crippen LogP contribution is 2.64. The predicted octanol–water partition coefficient (Wildman–Crippen LogP) is 3.48. The van der Waals surface area contributed by atoms with E-state index in [1.165, 1.54) is 0 Å². The fraction of sp³-hybridized carbons (Fsp3) is 0.611. The van der Waals surface area contributed by atoms with E-state index in [-0.39, 0.29) is 17.9 Å². The highest BCUT2D eigenvalue weighted by molar-refractivity contribution is 6.30. The zero-order chi connectivity index (χ0) is 15.5. The zero-order valence-corrected chi connectivity index (χ0v) is 13.2. The molecule has 0 unspecified atom stereocenters. The van der Waals surface area contributed by atoms with Gasteiger partial charge in [0.2, 0.25) is 0 Å². The maximum atomic E-state index is 11.6. The average molecular weight is 321 g/mol. The van der Waals surface area contributed by atoms with Gasteiger partial charge < -0.3 is 10.2 Å². The lowest BCUT2D eigenvalue weighted by Crippen LogP contribution is -2.60. The summed E-state index contributed by atoms with van der Waals surface area (Å²) in [5.41, 5.74) is 0.853. The number of carbonyl (C=O) groups is 1. The van der Waals surface area contributed by atoms with Gasteiger partial charge >= 0.3 is 5.97 Å². The number of hydrogen-bond acceptors (Lipinski definition) is 2. The fourth-order valence-corrected chi connectivity index (χ4v) is 5.96. The van der Waals surface area contributed by atoms with Crippen LogP contribution < -0.4 is 0 Å². The van der Waals surface area contributed by atoms with Gasteiger partial charge in [-0.05, 0) is 67.1 Å². The summed E-state index contributed by atoms with van der Waals surface area (Å²) in [6.07, 6.45) is 3.88. The minimum atomic E-state index is -0.719. The first-order valence-electron chi connectivity index (χ1n) is 8.16. The van der Waals surface area contributed by atoms with Crippen molar-refractivity contribution in [1.82, 2.24) is 0 Å². The molecule has 118 valence electrons. The fourth-order valence-electron chi connectivity index (χ4n) is 5.84. The van der Waals surface area contributed by atoms with E-state index in [1.54, 1.807) is 0 Å². The molecule has 0 aliphatic heterocycles. The second-order valence-corrected chi connectivity index (χ2v) is 7.90. The molecule has 0 aromatic heterocycles. The molecule has 0 saturated heterocycles. The van der Waals surface area contributed by atoms with Crippen molar-refractivity contribution in [3.05, 3.63) is 34.9 Å². The molecule has 1 aromatic rings. The Hall–Kier alpha value is -1.06. The van der Waals surface area contributed by atoms with E-state index in [4.69, 9.17) is 11.6 Å². The van der Waals surface area contributed by atoms with Crippen LogP contribution in [-0.4, -0.2) is 22.3 Å². The molecule has 0 spiro atoms. The van der Waals surface area contributed by atoms with Gasteiger partial charge in [0.05, 0.1) is 12.5 Å². The SMILES string of the molecule is O=C(O)CC1(c2ccc(Cl)cc2)C2CC3CC1CC(C2)C3O. The average Bonchev–Trinajstić information content (AvgIpc) is 2.45. The lowest BCUT2D eigenvalue weighted by Gasteiger charge is -2.62. The number of halogens is 1. The van der Waals surface area contributed by atoms with Gasteiger partial charge in [0.25, 0.3) is 0 Å². The van der Waals surface area contributed by atoms with Gasteiger partial charge in [0.1, 0.15) is 0 Å². The molecule has 0 amide bonds. The van der Waals surface area contributed by atoms with E-state index in [1.807, 2.05) is 24.3 Å². The Morgan fingerprint density at radius 3 is 2.05 bits per heavy atom. The van der Waals surface area contributed by atoms with Gasteiger partial charge in [-0.1, -0.05) is 23.7 Å². The molecule has 2 N–H and O–H groups in total. The molecule has 4 saturated carbocycles. The molecular formula is C18H21ClO3. The number of benzene rings is 1. The first-order chi connectivity index (χ1) is 10.5. The number of aliphatic hydroxyl groups excluding tert-OH is 1. The zero-order valence-electron chi connectivity index (χ0n) is 12.4. The van der Waals surface area contributed by atoms with Gasteiger partial charge in [-0.25, -0.2) is 0 Å². The molecule has 0 radical (unpaired) electrons. The first-order valence-corrected chi connectivity index (χ1v) is 8.54. The van der Waals surface area contributed by atoms with Crippen molar-refractivity contribution in [2.75, 3.05) is 0 Å². The summed E-state index contributed by atoms with van der Waals surface area (Å²) < 4.78 is 0. The van der Waals surface area contributed by atoms with Crippen molar-refractivity contribution in [1.29, 1.82) is 0 Å². The molecule has 5 rings (SSSR count). The van der Waals surface area contributed by atoms with E-state index in [9.17, 15) is 15.0 Å². The van der Waals surface area contributed by atoms with Crippen molar-refractivity contribution in [2.24, 2.45) is 23.7 Å². The Bertz CT molecular complexity index is 565. The van der Waals surface area contributed by atoms with E-state index < -0.39 is 5.97 Å². The second-order valence-electron chi connectivity index (χ2n) is 7.47. The van der Waals surface area contributed by atoms with Crippen molar-refractivity contribution in [3.8, 4) is 0 Å². The molecule has 3 nitrogen and oxygen atoms in total. The molecular weight excluding hydrogens is 300 g/mol. The van der Waals surface area contributed by atoms with Crippen LogP contribution >= 0.6 is 11.6 Å². The van der Waals surface area contributed by atoms with Gasteiger partial charge in [-0.15, -0.1) is 0 Å². The Morgan fingerprint density at radius 2 is 1.59 bits per heavy atom. The summed E-state index contributed by atoms with van der Waals surface area (Å²) in [6, 6.07) is 7.79. The maximum Gasteiger partial charge on any atom is 0.304 e. The molecule has 1 aromatic carbocycles. The topological polar surface area (TPSA) is 57.5 Å². The van der Waals surface area contributed by atoms with Crippen LogP contribution in [0.2, 0.25) is 5.02 Å². The molecule has 4 heteroatoms. The highest BCUT2D eigenvalue weighted by Gasteiger charge is 2.61. The summed E-state index contributed by atoms with van der Waals surface area (Å²) in [7, 11) is 0. The van der Waals surface area contributed by atoms with E-state index in [2.05, 4.69) is 0 Å². The largest absolute Gasteiger partial charge is 0.481 e. The van der Waals surface area contributed by atoms with Crippen LogP contribution in [0.25, 0.3) is 0 Å². The Balaban J connectivity index is 1.79. The van der Waals surface area contributed by atoms with Crippen LogP contribution in [0.4, 0.5) is 0 Å². The van der Waals surface area contributed by atoms with Crippen molar-refractivity contribution >= 4 is 17.6 Å². The Kier molecular flexibility index (Phi) is 3.28. The van der Waals surface area contributed by atoms with Crippen LogP contribution in [0, 0.1) is 23.7 Å². The van der Waals surface area contributed by atoms with Gasteiger partial charge in [0.15, 0.2) is 0 Å². The Labute approximate surface area is 135 Å². The van der Waals surface area contributed by atoms with Gasteiger partial charge in [0, 0.05) is 10.4 Å². The summed E-state index contributed by atoms with van der Waals surface area (Å²) in [5.74, 6) is 0.766. The smallest absolute Gasteiger partial charge is 0.304 e. The molecule has 22 heavy (non-hydrogen) atoms. The summed E-state index contributed by atoms with van der Waals surface area (Å²) >= 11 is 6.02. The monoisotopic (exact) mass is 320 g/mol. The molecule has 4 aliphatic carbocycles. The number of carboxylic acids is 1. The number of aliphatic carboxylic acids is 1. The minimum Gasteiger partial charge on any atom is -0.481 e. The van der Waals surface area contributed by atoms with E-state index in [0.29, 0.717) is 28.7 Å². The molecule has 0 atom stereocenters. The minimum absolute atomic E-state index is 0.166. The number of rotatable bonds is 3. The number of carboxylic acid groups (broad SMARTS) is 1.